The molecule has 0 amide bonds. The fourth-order valence-electron chi connectivity index (χ4n) is 2.12. The van der Waals surface area contributed by atoms with E-state index >= 15 is 0 Å². The lowest BCUT2D eigenvalue weighted by atomic mass is 10.1. The molecule has 0 radical (unpaired) electrons. The fourth-order valence-corrected chi connectivity index (χ4v) is 2.12. The van der Waals surface area contributed by atoms with E-state index in [1.165, 1.54) is 0 Å². The molecule has 1 aromatic heterocycles. The second-order valence-corrected chi connectivity index (χ2v) is 5.19. The standard InChI is InChI=1S/C15H21N3O3/c1-11-5-4-6-12(7-11)15-16-14(17-21-15)9-18(2)8-13(19)10-20-3/h4-7,13,19H,8-10H2,1-3H3. The van der Waals surface area contributed by atoms with E-state index in [9.17, 15) is 5.11 Å². The smallest absolute Gasteiger partial charge is 0.257 e. The molecule has 0 saturated carbocycles. The number of hydrogen-bond donors (Lipinski definition) is 1. The van der Waals surface area contributed by atoms with Gasteiger partial charge in [0.25, 0.3) is 5.89 Å². The molecule has 2 rings (SSSR count). The van der Waals surface area contributed by atoms with Gasteiger partial charge in [-0.05, 0) is 26.1 Å². The van der Waals surface area contributed by atoms with Crippen LogP contribution >= 0.6 is 0 Å². The summed E-state index contributed by atoms with van der Waals surface area (Å²) in [4.78, 5) is 6.31. The summed E-state index contributed by atoms with van der Waals surface area (Å²) in [6.45, 7) is 3.33. The summed E-state index contributed by atoms with van der Waals surface area (Å²) in [5.41, 5.74) is 2.06. The van der Waals surface area contributed by atoms with E-state index in [1.54, 1.807) is 7.11 Å². The zero-order chi connectivity index (χ0) is 15.2. The summed E-state index contributed by atoms with van der Waals surface area (Å²) in [5, 5.41) is 13.7. The van der Waals surface area contributed by atoms with Crippen molar-refractivity contribution in [1.82, 2.24) is 15.0 Å². The van der Waals surface area contributed by atoms with Crippen LogP contribution in [-0.2, 0) is 11.3 Å². The van der Waals surface area contributed by atoms with Crippen molar-refractivity contribution in [1.29, 1.82) is 0 Å². The summed E-state index contributed by atoms with van der Waals surface area (Å²) in [6.07, 6.45) is -0.525. The quantitative estimate of drug-likeness (QED) is 0.833. The van der Waals surface area contributed by atoms with Gasteiger partial charge >= 0.3 is 0 Å². The largest absolute Gasteiger partial charge is 0.389 e. The molecule has 1 atom stereocenters. The van der Waals surface area contributed by atoms with Crippen molar-refractivity contribution in [2.24, 2.45) is 0 Å². The first-order valence-corrected chi connectivity index (χ1v) is 6.83. The van der Waals surface area contributed by atoms with Gasteiger partial charge in [-0.15, -0.1) is 0 Å². The second-order valence-electron chi connectivity index (χ2n) is 5.19. The lowest BCUT2D eigenvalue weighted by Crippen LogP contribution is -2.31. The maximum absolute atomic E-state index is 9.68. The first-order chi connectivity index (χ1) is 10.1. The molecule has 1 aromatic carbocycles. The van der Waals surface area contributed by atoms with Gasteiger partial charge < -0.3 is 14.4 Å². The van der Waals surface area contributed by atoms with E-state index < -0.39 is 6.10 Å². The van der Waals surface area contributed by atoms with Crippen molar-refractivity contribution >= 4 is 0 Å². The third-order valence-corrected chi connectivity index (χ3v) is 3.03. The van der Waals surface area contributed by atoms with Crippen LogP contribution in [0.25, 0.3) is 11.5 Å². The van der Waals surface area contributed by atoms with E-state index in [-0.39, 0.29) is 0 Å². The second kappa shape index (κ2) is 7.31. The number of nitrogens with zero attached hydrogens (tertiary/aromatic N) is 3. The maximum atomic E-state index is 9.68. The van der Waals surface area contributed by atoms with Crippen LogP contribution in [-0.4, -0.2) is 53.6 Å². The average molecular weight is 291 g/mol. The molecule has 0 saturated heterocycles. The average Bonchev–Trinajstić information content (AvgIpc) is 2.87. The number of aryl methyl sites for hydroxylation is 1. The van der Waals surface area contributed by atoms with Crippen LogP contribution < -0.4 is 0 Å². The molecule has 0 bridgehead atoms. The Kier molecular flexibility index (Phi) is 5.44. The molecule has 6 nitrogen and oxygen atoms in total. The normalized spacial score (nSPS) is 12.8. The van der Waals surface area contributed by atoms with E-state index in [4.69, 9.17) is 9.26 Å². The highest BCUT2D eigenvalue weighted by Crippen LogP contribution is 2.18. The molecule has 0 spiro atoms. The number of methoxy groups -OCH3 is 1. The Morgan fingerprint density at radius 2 is 2.24 bits per heavy atom. The molecule has 0 aliphatic heterocycles. The minimum Gasteiger partial charge on any atom is -0.389 e. The van der Waals surface area contributed by atoms with Crippen LogP contribution in [0.4, 0.5) is 0 Å². The van der Waals surface area contributed by atoms with Gasteiger partial charge in [-0.2, -0.15) is 4.98 Å². The number of aromatic nitrogens is 2. The monoisotopic (exact) mass is 291 g/mol. The van der Waals surface area contributed by atoms with E-state index in [1.807, 2.05) is 43.1 Å². The Morgan fingerprint density at radius 1 is 1.43 bits per heavy atom. The van der Waals surface area contributed by atoms with Gasteiger partial charge in [0.05, 0.1) is 19.3 Å². The van der Waals surface area contributed by atoms with Gasteiger partial charge in [0, 0.05) is 19.2 Å². The number of likely N-dealkylation sites (N-methyl/N-ethyl adjacent to an activating group) is 1. The molecule has 1 N–H and O–H groups in total. The van der Waals surface area contributed by atoms with Crippen LogP contribution in [0.1, 0.15) is 11.4 Å². The first-order valence-electron chi connectivity index (χ1n) is 6.83. The van der Waals surface area contributed by atoms with Crippen molar-refractivity contribution in [2.75, 3.05) is 27.3 Å². The first kappa shape index (κ1) is 15.6. The maximum Gasteiger partial charge on any atom is 0.257 e. The Balaban J connectivity index is 1.97. The molecule has 6 heteroatoms. The van der Waals surface area contributed by atoms with Crippen LogP contribution in [0.2, 0.25) is 0 Å². The van der Waals surface area contributed by atoms with Crippen LogP contribution in [0.3, 0.4) is 0 Å². The number of hydrogen-bond acceptors (Lipinski definition) is 6. The van der Waals surface area contributed by atoms with Gasteiger partial charge in [0.15, 0.2) is 5.82 Å². The highest BCUT2D eigenvalue weighted by atomic mass is 16.5. The molecular weight excluding hydrogens is 270 g/mol. The lowest BCUT2D eigenvalue weighted by Gasteiger charge is -2.18. The summed E-state index contributed by atoms with van der Waals surface area (Å²) in [6, 6.07) is 7.92. The highest BCUT2D eigenvalue weighted by molar-refractivity contribution is 5.53. The number of aliphatic hydroxyl groups excluding tert-OH is 1. The molecule has 1 heterocycles. The van der Waals surface area contributed by atoms with Crippen LogP contribution in [0, 0.1) is 6.92 Å². The Labute approximate surface area is 124 Å². The van der Waals surface area contributed by atoms with Crippen molar-refractivity contribution < 1.29 is 14.4 Å². The van der Waals surface area contributed by atoms with Crippen molar-refractivity contribution in [3.05, 3.63) is 35.7 Å². The number of rotatable bonds is 7. The molecular formula is C15H21N3O3. The van der Waals surface area contributed by atoms with Gasteiger partial charge in [0.1, 0.15) is 0 Å². The van der Waals surface area contributed by atoms with Crippen molar-refractivity contribution in [2.45, 2.75) is 19.6 Å². The summed E-state index contributed by atoms with van der Waals surface area (Å²) in [5.74, 6) is 1.11. The predicted octanol–water partition coefficient (Wildman–Crippen LogP) is 1.48. The van der Waals surface area contributed by atoms with E-state index in [2.05, 4.69) is 10.1 Å². The third-order valence-electron chi connectivity index (χ3n) is 3.03. The molecule has 2 aromatic rings. The molecule has 1 unspecified atom stereocenters. The SMILES string of the molecule is COCC(O)CN(C)Cc1noc(-c2cccc(C)c2)n1. The summed E-state index contributed by atoms with van der Waals surface area (Å²) >= 11 is 0. The number of ether oxygens (including phenoxy) is 1. The molecule has 0 aliphatic carbocycles. The zero-order valence-corrected chi connectivity index (χ0v) is 12.6. The van der Waals surface area contributed by atoms with Crippen LogP contribution in [0.5, 0.6) is 0 Å². The van der Waals surface area contributed by atoms with Gasteiger partial charge in [-0.25, -0.2) is 0 Å². The summed E-state index contributed by atoms with van der Waals surface area (Å²) in [7, 11) is 3.46. The zero-order valence-electron chi connectivity index (χ0n) is 12.6. The van der Waals surface area contributed by atoms with Crippen LogP contribution in [0.15, 0.2) is 28.8 Å². The predicted molar refractivity (Wildman–Crippen MR) is 78.7 cm³/mol. The molecule has 21 heavy (non-hydrogen) atoms. The van der Waals surface area contributed by atoms with Crippen molar-refractivity contribution in [3.8, 4) is 11.5 Å². The number of benzene rings is 1. The third kappa shape index (κ3) is 4.63. The number of aliphatic hydroxyl groups is 1. The minimum atomic E-state index is -0.525. The molecule has 0 fully saturated rings. The molecule has 114 valence electrons. The van der Waals surface area contributed by atoms with Gasteiger partial charge in [-0.1, -0.05) is 22.9 Å². The van der Waals surface area contributed by atoms with Gasteiger partial charge in [0.2, 0.25) is 0 Å². The van der Waals surface area contributed by atoms with Crippen molar-refractivity contribution in [3.63, 3.8) is 0 Å². The fraction of sp³-hybridized carbons (Fsp3) is 0.467. The molecule has 0 aliphatic rings. The topological polar surface area (TPSA) is 71.6 Å². The van der Waals surface area contributed by atoms with E-state index in [0.29, 0.717) is 31.4 Å². The van der Waals surface area contributed by atoms with Gasteiger partial charge in [-0.3, -0.25) is 4.90 Å². The minimum absolute atomic E-state index is 0.311. The Hall–Kier alpha value is -1.76. The Morgan fingerprint density at radius 3 is 2.95 bits per heavy atom. The van der Waals surface area contributed by atoms with E-state index in [0.717, 1.165) is 11.1 Å². The lowest BCUT2D eigenvalue weighted by molar-refractivity contribution is 0.0413. The Bertz CT molecular complexity index is 571. The summed E-state index contributed by atoms with van der Waals surface area (Å²) < 4.78 is 10.2. The highest BCUT2D eigenvalue weighted by Gasteiger charge is 2.13.